The molecule has 192 valence electrons. The lowest BCUT2D eigenvalue weighted by atomic mass is 10.1. The number of nitrogens with zero attached hydrogens (tertiary/aromatic N) is 3. The molecule has 0 amide bonds. The van der Waals surface area contributed by atoms with Gasteiger partial charge >= 0.3 is 5.97 Å². The molecule has 0 radical (unpaired) electrons. The number of fused-ring (bicyclic) bond motifs is 2. The van der Waals surface area contributed by atoms with E-state index in [0.29, 0.717) is 17.4 Å². The number of aryl methyl sites for hydroxylation is 1. The summed E-state index contributed by atoms with van der Waals surface area (Å²) < 4.78 is 30.5. The summed E-state index contributed by atoms with van der Waals surface area (Å²) in [6.45, 7) is -0.737. The Balaban J connectivity index is 1.55. The molecular formula is C28H25N5O4S. The maximum absolute atomic E-state index is 13.8. The van der Waals surface area contributed by atoms with Crippen LogP contribution in [0.15, 0.2) is 90.0 Å². The number of carboxylic acids is 1. The van der Waals surface area contributed by atoms with E-state index in [1.807, 2.05) is 29.8 Å². The molecule has 3 aromatic carbocycles. The zero-order valence-electron chi connectivity index (χ0n) is 20.5. The summed E-state index contributed by atoms with van der Waals surface area (Å²) in [6.07, 6.45) is 2.12. The van der Waals surface area contributed by atoms with Crippen molar-refractivity contribution in [3.63, 3.8) is 0 Å². The van der Waals surface area contributed by atoms with Crippen molar-refractivity contribution in [3.05, 3.63) is 102 Å². The van der Waals surface area contributed by atoms with Gasteiger partial charge in [-0.3, -0.25) is 19.5 Å². The molecule has 0 aliphatic carbocycles. The Morgan fingerprint density at radius 2 is 1.76 bits per heavy atom. The molecule has 0 unspecified atom stereocenters. The van der Waals surface area contributed by atoms with Gasteiger partial charge in [0.05, 0.1) is 11.2 Å². The first kappa shape index (κ1) is 25.0. The van der Waals surface area contributed by atoms with E-state index in [1.54, 1.807) is 54.6 Å². The molecule has 0 atom stereocenters. The summed E-state index contributed by atoms with van der Waals surface area (Å²) in [5.41, 5.74) is 9.62. The second kappa shape index (κ2) is 9.64. The van der Waals surface area contributed by atoms with Crippen molar-refractivity contribution >= 4 is 49.3 Å². The number of aliphatic carboxylic acids is 1. The summed E-state index contributed by atoms with van der Waals surface area (Å²) in [6, 6.07) is 22.8. The van der Waals surface area contributed by atoms with E-state index >= 15 is 0 Å². The zero-order chi connectivity index (χ0) is 27.0. The van der Waals surface area contributed by atoms with Crippen molar-refractivity contribution in [1.29, 1.82) is 5.41 Å². The van der Waals surface area contributed by atoms with Crippen molar-refractivity contribution in [1.82, 2.24) is 9.55 Å². The second-order valence-corrected chi connectivity index (χ2v) is 10.8. The van der Waals surface area contributed by atoms with Crippen LogP contribution in [0.25, 0.3) is 21.8 Å². The van der Waals surface area contributed by atoms with E-state index in [0.717, 1.165) is 26.5 Å². The minimum atomic E-state index is -4.25. The quantitative estimate of drug-likeness (QED) is 0.206. The molecular weight excluding hydrogens is 502 g/mol. The highest BCUT2D eigenvalue weighted by Gasteiger charge is 2.29. The molecule has 0 saturated heterocycles. The van der Waals surface area contributed by atoms with E-state index in [2.05, 4.69) is 4.98 Å². The SMILES string of the molecule is Cn1c(Cc2ccc(C(=N)N)cc2)cc2cc(N(CC(=O)O)S(=O)(=O)c3cccc4cccnc34)ccc21. The first-order chi connectivity index (χ1) is 18.1. The third kappa shape index (κ3) is 4.57. The van der Waals surface area contributed by atoms with Gasteiger partial charge in [-0.25, -0.2) is 8.42 Å². The minimum absolute atomic E-state index is 0.00818. The van der Waals surface area contributed by atoms with Crippen LogP contribution in [-0.2, 0) is 28.3 Å². The molecule has 10 heteroatoms. The number of carboxylic acid groups (broad SMARTS) is 1. The second-order valence-electron chi connectivity index (χ2n) is 8.96. The highest BCUT2D eigenvalue weighted by atomic mass is 32.2. The largest absolute Gasteiger partial charge is 0.480 e. The fourth-order valence-corrected chi connectivity index (χ4v) is 6.15. The van der Waals surface area contributed by atoms with Gasteiger partial charge < -0.3 is 15.4 Å². The van der Waals surface area contributed by atoms with Crippen LogP contribution in [0.1, 0.15) is 16.8 Å². The number of anilines is 1. The molecule has 0 spiro atoms. The van der Waals surface area contributed by atoms with Crippen LogP contribution in [0.4, 0.5) is 5.69 Å². The lowest BCUT2D eigenvalue weighted by Gasteiger charge is -2.23. The Hall–Kier alpha value is -4.70. The van der Waals surface area contributed by atoms with Crippen molar-refractivity contribution in [2.75, 3.05) is 10.8 Å². The van der Waals surface area contributed by atoms with Gasteiger partial charge in [-0.2, -0.15) is 0 Å². The first-order valence-electron chi connectivity index (χ1n) is 11.7. The molecule has 0 fully saturated rings. The van der Waals surface area contributed by atoms with Crippen LogP contribution in [0.2, 0.25) is 0 Å². The van der Waals surface area contributed by atoms with E-state index in [1.165, 1.54) is 12.3 Å². The highest BCUT2D eigenvalue weighted by molar-refractivity contribution is 7.93. The monoisotopic (exact) mass is 527 g/mol. The van der Waals surface area contributed by atoms with E-state index in [-0.39, 0.29) is 21.9 Å². The highest BCUT2D eigenvalue weighted by Crippen LogP contribution is 2.31. The Labute approximate surface area is 219 Å². The van der Waals surface area contributed by atoms with Crippen LogP contribution in [0.3, 0.4) is 0 Å². The van der Waals surface area contributed by atoms with Crippen molar-refractivity contribution in [2.24, 2.45) is 12.8 Å². The molecule has 2 aromatic heterocycles. The van der Waals surface area contributed by atoms with Gasteiger partial charge in [0.2, 0.25) is 0 Å². The van der Waals surface area contributed by atoms with E-state index in [9.17, 15) is 18.3 Å². The lowest BCUT2D eigenvalue weighted by molar-refractivity contribution is -0.135. The molecule has 9 nitrogen and oxygen atoms in total. The summed E-state index contributed by atoms with van der Waals surface area (Å²) >= 11 is 0. The van der Waals surface area contributed by atoms with Gasteiger partial charge in [0.1, 0.15) is 17.3 Å². The van der Waals surface area contributed by atoms with Gasteiger partial charge in [-0.05, 0) is 42.0 Å². The minimum Gasteiger partial charge on any atom is -0.480 e. The fourth-order valence-electron chi connectivity index (χ4n) is 4.57. The van der Waals surface area contributed by atoms with Crippen LogP contribution in [0, 0.1) is 5.41 Å². The molecule has 0 saturated carbocycles. The number of rotatable bonds is 8. The topological polar surface area (TPSA) is 142 Å². The number of hydrogen-bond acceptors (Lipinski definition) is 5. The van der Waals surface area contributed by atoms with Crippen LogP contribution < -0.4 is 10.0 Å². The third-order valence-electron chi connectivity index (χ3n) is 6.51. The molecule has 2 heterocycles. The van der Waals surface area contributed by atoms with Crippen LogP contribution >= 0.6 is 0 Å². The number of nitrogens with one attached hydrogen (secondary N) is 1. The number of sulfonamides is 1. The number of aromatic nitrogens is 2. The Morgan fingerprint density at radius 3 is 2.47 bits per heavy atom. The Bertz CT molecular complexity index is 1810. The summed E-state index contributed by atoms with van der Waals surface area (Å²) in [5.74, 6) is -1.27. The van der Waals surface area contributed by atoms with E-state index in [4.69, 9.17) is 11.1 Å². The number of benzene rings is 3. The summed E-state index contributed by atoms with van der Waals surface area (Å²) in [4.78, 5) is 16.0. The normalized spacial score (nSPS) is 11.6. The number of hydrogen-bond donors (Lipinski definition) is 3. The van der Waals surface area contributed by atoms with Gasteiger partial charge in [0, 0.05) is 47.2 Å². The summed E-state index contributed by atoms with van der Waals surface area (Å²) in [7, 11) is -2.33. The maximum Gasteiger partial charge on any atom is 0.324 e. The molecule has 0 aliphatic rings. The number of carbonyl (C=O) groups is 1. The predicted molar refractivity (Wildman–Crippen MR) is 147 cm³/mol. The number of amidine groups is 1. The number of nitrogens with two attached hydrogens (primary N) is 1. The first-order valence-corrected chi connectivity index (χ1v) is 13.2. The summed E-state index contributed by atoms with van der Waals surface area (Å²) in [5, 5.41) is 18.6. The smallest absolute Gasteiger partial charge is 0.324 e. The van der Waals surface area contributed by atoms with Gasteiger partial charge in [0.15, 0.2) is 0 Å². The number of para-hydroxylation sites is 1. The van der Waals surface area contributed by atoms with Crippen molar-refractivity contribution in [2.45, 2.75) is 11.3 Å². The number of pyridine rings is 1. The predicted octanol–water partition coefficient (Wildman–Crippen LogP) is 3.88. The molecule has 5 aromatic rings. The van der Waals surface area contributed by atoms with Gasteiger partial charge in [-0.15, -0.1) is 0 Å². The average molecular weight is 528 g/mol. The van der Waals surface area contributed by atoms with Crippen LogP contribution in [-0.4, -0.2) is 41.4 Å². The Kier molecular flexibility index (Phi) is 6.33. The average Bonchev–Trinajstić information content (AvgIpc) is 3.21. The lowest BCUT2D eigenvalue weighted by Crippen LogP contribution is -2.35. The van der Waals surface area contributed by atoms with E-state index < -0.39 is 22.5 Å². The molecule has 4 N–H and O–H groups in total. The third-order valence-corrected chi connectivity index (χ3v) is 8.31. The van der Waals surface area contributed by atoms with Crippen molar-refractivity contribution in [3.8, 4) is 0 Å². The van der Waals surface area contributed by atoms with Gasteiger partial charge in [-0.1, -0.05) is 42.5 Å². The Morgan fingerprint density at radius 1 is 1.03 bits per heavy atom. The number of nitrogen functional groups attached to an aromatic ring is 1. The molecule has 0 bridgehead atoms. The standard InChI is InChI=1S/C28H25N5O4S/c1-32-23(14-18-7-9-20(10-8-18)28(29)30)16-21-15-22(11-12-24(21)32)33(17-26(34)35)38(36,37)25-6-2-4-19-5-3-13-31-27(19)25/h2-13,15-16H,14,17H2,1H3,(H3,29,30)(H,34,35). The molecule has 38 heavy (non-hydrogen) atoms. The zero-order valence-corrected chi connectivity index (χ0v) is 21.3. The van der Waals surface area contributed by atoms with Gasteiger partial charge in [0.25, 0.3) is 10.0 Å². The molecule has 5 rings (SSSR count). The van der Waals surface area contributed by atoms with Crippen molar-refractivity contribution < 1.29 is 18.3 Å². The maximum atomic E-state index is 13.8. The molecule has 0 aliphatic heterocycles. The fraction of sp³-hybridized carbons (Fsp3) is 0.107. The van der Waals surface area contributed by atoms with Crippen LogP contribution in [0.5, 0.6) is 0 Å².